The van der Waals surface area contributed by atoms with E-state index in [-0.39, 0.29) is 11.7 Å². The summed E-state index contributed by atoms with van der Waals surface area (Å²) in [6.45, 7) is 2.56. The number of ether oxygens (including phenoxy) is 1. The fourth-order valence-electron chi connectivity index (χ4n) is 3.73. The number of aromatic nitrogens is 3. The van der Waals surface area contributed by atoms with E-state index in [0.717, 1.165) is 15.8 Å². The molecular formula is C26H24BrN7O2. The predicted molar refractivity (Wildman–Crippen MR) is 145 cm³/mol. The van der Waals surface area contributed by atoms with Gasteiger partial charge in [-0.25, -0.2) is 5.43 Å². The molecule has 1 aromatic heterocycles. The van der Waals surface area contributed by atoms with Gasteiger partial charge >= 0.3 is 0 Å². The smallest absolute Gasteiger partial charge is 0.250 e. The summed E-state index contributed by atoms with van der Waals surface area (Å²) < 4.78 is 6.35. The van der Waals surface area contributed by atoms with E-state index in [2.05, 4.69) is 36.3 Å². The topological polar surface area (TPSA) is 99.0 Å². The summed E-state index contributed by atoms with van der Waals surface area (Å²) >= 11 is 3.41. The highest BCUT2D eigenvalue weighted by molar-refractivity contribution is 9.10. The molecule has 0 atom stereocenters. The number of halogens is 1. The van der Waals surface area contributed by atoms with Gasteiger partial charge in [-0.05, 0) is 42.5 Å². The van der Waals surface area contributed by atoms with Crippen molar-refractivity contribution in [2.24, 2.45) is 5.10 Å². The van der Waals surface area contributed by atoms with Crippen molar-refractivity contribution in [3.63, 3.8) is 0 Å². The quantitative estimate of drug-likeness (QED) is 0.244. The van der Waals surface area contributed by atoms with Crippen molar-refractivity contribution in [2.45, 2.75) is 0 Å². The Bertz CT molecular complexity index is 1290. The zero-order valence-electron chi connectivity index (χ0n) is 19.3. The van der Waals surface area contributed by atoms with Gasteiger partial charge in [0.25, 0.3) is 0 Å². The van der Waals surface area contributed by atoms with Crippen LogP contribution in [-0.4, -0.2) is 52.6 Å². The maximum atomic E-state index is 10.1. The summed E-state index contributed by atoms with van der Waals surface area (Å²) in [7, 11) is 0. The van der Waals surface area contributed by atoms with Crippen molar-refractivity contribution < 1.29 is 9.84 Å². The van der Waals surface area contributed by atoms with Crippen LogP contribution >= 0.6 is 15.9 Å². The highest BCUT2D eigenvalue weighted by Gasteiger charge is 2.21. The molecule has 2 heterocycles. The fourth-order valence-corrected chi connectivity index (χ4v) is 4.11. The van der Waals surface area contributed by atoms with E-state index in [1.165, 1.54) is 6.21 Å². The summed E-state index contributed by atoms with van der Waals surface area (Å²) in [4.78, 5) is 18.2. The van der Waals surface area contributed by atoms with Gasteiger partial charge in [0.1, 0.15) is 5.75 Å². The molecule has 0 saturated carbocycles. The number of nitrogens with zero attached hydrogens (tertiary/aromatic N) is 6. The van der Waals surface area contributed by atoms with E-state index >= 15 is 0 Å². The molecule has 2 N–H and O–H groups in total. The van der Waals surface area contributed by atoms with E-state index in [1.54, 1.807) is 18.2 Å². The van der Waals surface area contributed by atoms with Crippen LogP contribution in [-0.2, 0) is 4.74 Å². The maximum absolute atomic E-state index is 10.1. The highest BCUT2D eigenvalue weighted by atomic mass is 79.9. The number of hydrogen-bond donors (Lipinski definition) is 2. The van der Waals surface area contributed by atoms with Crippen LogP contribution in [0, 0.1) is 0 Å². The molecule has 0 bridgehead atoms. The zero-order valence-corrected chi connectivity index (χ0v) is 20.9. The van der Waals surface area contributed by atoms with Gasteiger partial charge in [0.05, 0.1) is 19.4 Å². The lowest BCUT2D eigenvalue weighted by atomic mass is 10.2. The molecule has 1 aliphatic heterocycles. The summed E-state index contributed by atoms with van der Waals surface area (Å²) in [6.07, 6.45) is 1.52. The molecule has 0 amide bonds. The van der Waals surface area contributed by atoms with Crippen LogP contribution in [0.5, 0.6) is 5.75 Å². The van der Waals surface area contributed by atoms with Crippen molar-refractivity contribution in [1.29, 1.82) is 0 Å². The third-order valence-electron chi connectivity index (χ3n) is 5.49. The summed E-state index contributed by atoms with van der Waals surface area (Å²) in [5.74, 6) is 1.38. The molecule has 5 rings (SSSR count). The van der Waals surface area contributed by atoms with Gasteiger partial charge in [-0.2, -0.15) is 20.1 Å². The molecule has 0 radical (unpaired) electrons. The molecule has 182 valence electrons. The number of rotatable bonds is 7. The lowest BCUT2D eigenvalue weighted by molar-refractivity contribution is 0.122. The Morgan fingerprint density at radius 3 is 2.25 bits per heavy atom. The highest BCUT2D eigenvalue weighted by Crippen LogP contribution is 2.33. The average Bonchev–Trinajstić information content (AvgIpc) is 2.92. The number of phenols is 1. The maximum Gasteiger partial charge on any atom is 0.250 e. The average molecular weight is 546 g/mol. The Morgan fingerprint density at radius 2 is 1.58 bits per heavy atom. The van der Waals surface area contributed by atoms with Gasteiger partial charge in [-0.15, -0.1) is 0 Å². The molecule has 9 nitrogen and oxygen atoms in total. The Kier molecular flexibility index (Phi) is 7.34. The van der Waals surface area contributed by atoms with Crippen molar-refractivity contribution in [3.05, 3.63) is 88.9 Å². The van der Waals surface area contributed by atoms with E-state index in [1.807, 2.05) is 65.6 Å². The van der Waals surface area contributed by atoms with Crippen LogP contribution in [0.4, 0.5) is 29.2 Å². The fraction of sp³-hybridized carbons (Fsp3) is 0.154. The van der Waals surface area contributed by atoms with Gasteiger partial charge in [-0.1, -0.05) is 52.3 Å². The number of anilines is 5. The minimum Gasteiger partial charge on any atom is -0.507 e. The van der Waals surface area contributed by atoms with Crippen LogP contribution in [0.1, 0.15) is 5.56 Å². The van der Waals surface area contributed by atoms with Crippen molar-refractivity contribution >= 4 is 51.4 Å². The molecule has 1 saturated heterocycles. The third kappa shape index (κ3) is 5.61. The molecule has 36 heavy (non-hydrogen) atoms. The third-order valence-corrected chi connectivity index (χ3v) is 5.99. The number of morpholine rings is 1. The number of hydrogen-bond acceptors (Lipinski definition) is 9. The second kappa shape index (κ2) is 11.1. The van der Waals surface area contributed by atoms with Gasteiger partial charge < -0.3 is 14.7 Å². The number of phenolic OH excluding ortho intramolecular Hbond substituents is 1. The second-order valence-electron chi connectivity index (χ2n) is 7.94. The molecule has 0 unspecified atom stereocenters. The first-order chi connectivity index (χ1) is 17.7. The number of para-hydroxylation sites is 2. The first-order valence-corrected chi connectivity index (χ1v) is 12.2. The van der Waals surface area contributed by atoms with Gasteiger partial charge in [0, 0.05) is 34.5 Å². The Hall–Kier alpha value is -4.02. The summed E-state index contributed by atoms with van der Waals surface area (Å²) in [6, 6.07) is 25.0. The first-order valence-electron chi connectivity index (χ1n) is 11.4. The Morgan fingerprint density at radius 1 is 0.917 bits per heavy atom. The number of aromatic hydroxyl groups is 1. The first kappa shape index (κ1) is 23.7. The lowest BCUT2D eigenvalue weighted by Crippen LogP contribution is -2.37. The molecular weight excluding hydrogens is 522 g/mol. The molecule has 0 aliphatic carbocycles. The Balaban J connectivity index is 1.54. The molecule has 0 spiro atoms. The van der Waals surface area contributed by atoms with E-state index in [9.17, 15) is 5.11 Å². The van der Waals surface area contributed by atoms with Crippen LogP contribution in [0.2, 0.25) is 0 Å². The molecule has 4 aromatic rings. The van der Waals surface area contributed by atoms with E-state index < -0.39 is 0 Å². The van der Waals surface area contributed by atoms with Crippen LogP contribution < -0.4 is 15.2 Å². The van der Waals surface area contributed by atoms with Gasteiger partial charge in [0.2, 0.25) is 17.8 Å². The number of benzene rings is 3. The van der Waals surface area contributed by atoms with Crippen molar-refractivity contribution in [1.82, 2.24) is 15.0 Å². The zero-order chi connectivity index (χ0) is 24.7. The minimum atomic E-state index is 0.119. The van der Waals surface area contributed by atoms with Crippen LogP contribution in [0.25, 0.3) is 0 Å². The molecule has 1 aliphatic rings. The number of hydrazone groups is 1. The summed E-state index contributed by atoms with van der Waals surface area (Å²) in [5, 5.41) is 14.4. The largest absolute Gasteiger partial charge is 0.507 e. The van der Waals surface area contributed by atoms with Gasteiger partial charge in [0.15, 0.2) is 0 Å². The van der Waals surface area contributed by atoms with Crippen LogP contribution in [0.15, 0.2) is 88.4 Å². The SMILES string of the molecule is Oc1ccc(Br)cc1/C=N\Nc1nc(N2CCOCC2)nc(N(c2ccccc2)c2ccccc2)n1. The molecule has 1 fully saturated rings. The van der Waals surface area contributed by atoms with Crippen molar-refractivity contribution in [3.8, 4) is 5.75 Å². The summed E-state index contributed by atoms with van der Waals surface area (Å²) in [5.41, 5.74) is 5.29. The minimum absolute atomic E-state index is 0.119. The van der Waals surface area contributed by atoms with Crippen LogP contribution in [0.3, 0.4) is 0 Å². The van der Waals surface area contributed by atoms with E-state index in [4.69, 9.17) is 14.7 Å². The van der Waals surface area contributed by atoms with Gasteiger partial charge in [-0.3, -0.25) is 4.90 Å². The molecule has 10 heteroatoms. The normalized spacial score (nSPS) is 13.6. The van der Waals surface area contributed by atoms with Crippen molar-refractivity contribution in [2.75, 3.05) is 41.5 Å². The lowest BCUT2D eigenvalue weighted by Gasteiger charge is -2.28. The number of nitrogens with one attached hydrogen (secondary N) is 1. The second-order valence-corrected chi connectivity index (χ2v) is 8.85. The monoisotopic (exact) mass is 545 g/mol. The molecule has 3 aromatic carbocycles. The predicted octanol–water partition coefficient (Wildman–Crippen LogP) is 5.09. The van der Waals surface area contributed by atoms with E-state index in [0.29, 0.717) is 43.8 Å². The standard InChI is InChI=1S/C26H24BrN7O2/c27-20-11-12-23(35)19(17-20)18-28-32-24-29-25(33-13-15-36-16-14-33)31-26(30-24)34(21-7-3-1-4-8-21)22-9-5-2-6-10-22/h1-12,17-18,35H,13-16H2,(H,29,30,31,32)/b28-18-. The Labute approximate surface area is 217 Å².